The molecule has 2 aromatic rings. The quantitative estimate of drug-likeness (QED) is 0.639. The number of anilines is 2. The molecule has 100 valence electrons. The summed E-state index contributed by atoms with van der Waals surface area (Å²) in [5, 5.41) is 7.54. The number of aromatic nitrogens is 3. The molecule has 1 amide bonds. The molecule has 0 radical (unpaired) electrons. The molecule has 0 bridgehead atoms. The first-order valence-electron chi connectivity index (χ1n) is 5.78. The number of nitrogens with one attached hydrogen (secondary N) is 1. The molecule has 1 aromatic carbocycles. The lowest BCUT2D eigenvalue weighted by molar-refractivity contribution is -0.115. The molecule has 3 N–H and O–H groups in total. The molecule has 0 aliphatic rings. The van der Waals surface area contributed by atoms with Crippen molar-refractivity contribution in [1.29, 1.82) is 0 Å². The molecule has 0 atom stereocenters. The monoisotopic (exact) mass is 277 g/mol. The van der Waals surface area contributed by atoms with E-state index in [1.807, 2.05) is 19.2 Å². The van der Waals surface area contributed by atoms with Gasteiger partial charge >= 0.3 is 0 Å². The average Bonchev–Trinajstić information content (AvgIpc) is 2.78. The number of para-hydroxylation sites is 2. The van der Waals surface area contributed by atoms with Crippen LogP contribution in [0.3, 0.4) is 0 Å². The van der Waals surface area contributed by atoms with E-state index in [0.717, 1.165) is 5.16 Å². The van der Waals surface area contributed by atoms with Crippen LogP contribution in [0.5, 0.6) is 0 Å². The Balaban J connectivity index is 1.79. The lowest BCUT2D eigenvalue weighted by Crippen LogP contribution is -2.13. The number of rotatable bonds is 5. The Morgan fingerprint density at radius 3 is 2.95 bits per heavy atom. The summed E-state index contributed by atoms with van der Waals surface area (Å²) in [5.74, 6) is 0.582. The zero-order chi connectivity index (χ0) is 13.7. The van der Waals surface area contributed by atoms with Crippen molar-refractivity contribution >= 4 is 29.0 Å². The van der Waals surface area contributed by atoms with Gasteiger partial charge in [0.1, 0.15) is 6.33 Å². The van der Waals surface area contributed by atoms with Crippen molar-refractivity contribution in [2.24, 2.45) is 7.05 Å². The third-order valence-corrected chi connectivity index (χ3v) is 3.50. The van der Waals surface area contributed by atoms with Gasteiger partial charge in [-0.05, 0) is 12.1 Å². The number of benzene rings is 1. The number of hydrogen-bond acceptors (Lipinski definition) is 5. The van der Waals surface area contributed by atoms with Crippen molar-refractivity contribution in [3.8, 4) is 0 Å². The van der Waals surface area contributed by atoms with E-state index in [4.69, 9.17) is 5.73 Å². The molecule has 0 aliphatic carbocycles. The van der Waals surface area contributed by atoms with Gasteiger partial charge in [0.05, 0.1) is 11.4 Å². The van der Waals surface area contributed by atoms with Gasteiger partial charge in [-0.3, -0.25) is 4.79 Å². The Hall–Kier alpha value is -2.02. The van der Waals surface area contributed by atoms with Gasteiger partial charge in [0.15, 0.2) is 5.16 Å². The van der Waals surface area contributed by atoms with Crippen LogP contribution in [0.4, 0.5) is 11.4 Å². The normalized spacial score (nSPS) is 10.4. The molecular weight excluding hydrogens is 262 g/mol. The van der Waals surface area contributed by atoms with Crippen LogP contribution in [-0.2, 0) is 11.8 Å². The summed E-state index contributed by atoms with van der Waals surface area (Å²) in [7, 11) is 1.82. The molecule has 0 saturated heterocycles. The molecule has 19 heavy (non-hydrogen) atoms. The van der Waals surface area contributed by atoms with Gasteiger partial charge in [-0.1, -0.05) is 23.9 Å². The van der Waals surface area contributed by atoms with Crippen LogP contribution in [0.15, 0.2) is 35.7 Å². The summed E-state index contributed by atoms with van der Waals surface area (Å²) in [6.07, 6.45) is 1.89. The fraction of sp³-hybridized carbons (Fsp3) is 0.250. The minimum atomic E-state index is -0.0624. The maximum atomic E-state index is 11.8. The maximum Gasteiger partial charge on any atom is 0.225 e. The predicted octanol–water partition coefficient (Wildman–Crippen LogP) is 1.52. The van der Waals surface area contributed by atoms with Crippen molar-refractivity contribution in [3.63, 3.8) is 0 Å². The van der Waals surface area contributed by atoms with Crippen LogP contribution in [-0.4, -0.2) is 26.4 Å². The summed E-state index contributed by atoms with van der Waals surface area (Å²) in [5.41, 5.74) is 6.97. The molecule has 6 nitrogen and oxygen atoms in total. The third kappa shape index (κ3) is 3.72. The summed E-state index contributed by atoms with van der Waals surface area (Å²) in [6.45, 7) is 0. The number of nitrogen functional groups attached to an aromatic ring is 1. The first kappa shape index (κ1) is 13.4. The highest BCUT2D eigenvalue weighted by molar-refractivity contribution is 7.99. The van der Waals surface area contributed by atoms with Crippen LogP contribution in [0.1, 0.15) is 6.42 Å². The minimum Gasteiger partial charge on any atom is -0.397 e. The summed E-state index contributed by atoms with van der Waals surface area (Å²) >= 11 is 1.49. The topological polar surface area (TPSA) is 85.8 Å². The molecule has 0 saturated carbocycles. The highest BCUT2D eigenvalue weighted by Crippen LogP contribution is 2.18. The molecule has 2 rings (SSSR count). The Kier molecular flexibility index (Phi) is 4.40. The van der Waals surface area contributed by atoms with Crippen molar-refractivity contribution in [3.05, 3.63) is 30.6 Å². The molecule has 1 aromatic heterocycles. The van der Waals surface area contributed by atoms with Gasteiger partial charge in [0.25, 0.3) is 0 Å². The van der Waals surface area contributed by atoms with Gasteiger partial charge < -0.3 is 11.1 Å². The summed E-state index contributed by atoms with van der Waals surface area (Å²) < 4.78 is 1.68. The van der Waals surface area contributed by atoms with Crippen LogP contribution in [0.25, 0.3) is 0 Å². The number of carbonyl (C=O) groups excluding carboxylic acids is 1. The second-order valence-electron chi connectivity index (χ2n) is 3.90. The number of amides is 1. The van der Waals surface area contributed by atoms with Crippen LogP contribution in [0, 0.1) is 0 Å². The standard InChI is InChI=1S/C12H15N5OS/c1-17-12(14-8-15-17)19-7-6-11(18)16-10-5-3-2-4-9(10)13/h2-5,8H,6-7,13H2,1H3,(H,16,18). The lowest BCUT2D eigenvalue weighted by Gasteiger charge is -2.07. The Morgan fingerprint density at radius 1 is 1.47 bits per heavy atom. The summed E-state index contributed by atoms with van der Waals surface area (Å²) in [4.78, 5) is 15.8. The van der Waals surface area contributed by atoms with Crippen LogP contribution in [0.2, 0.25) is 0 Å². The van der Waals surface area contributed by atoms with Gasteiger partial charge in [-0.15, -0.1) is 0 Å². The first-order valence-corrected chi connectivity index (χ1v) is 6.76. The SMILES string of the molecule is Cn1ncnc1SCCC(=O)Nc1ccccc1N. The maximum absolute atomic E-state index is 11.8. The van der Waals surface area contributed by atoms with E-state index in [9.17, 15) is 4.79 Å². The van der Waals surface area contributed by atoms with Gasteiger partial charge in [-0.25, -0.2) is 9.67 Å². The van der Waals surface area contributed by atoms with Gasteiger partial charge in [-0.2, -0.15) is 5.10 Å². The number of aryl methyl sites for hydroxylation is 1. The van der Waals surface area contributed by atoms with E-state index < -0.39 is 0 Å². The molecule has 0 aliphatic heterocycles. The Labute approximate surface area is 115 Å². The number of thioether (sulfide) groups is 1. The lowest BCUT2D eigenvalue weighted by atomic mass is 10.2. The number of nitrogens with zero attached hydrogens (tertiary/aromatic N) is 3. The Morgan fingerprint density at radius 2 is 2.26 bits per heavy atom. The fourth-order valence-corrected chi connectivity index (χ4v) is 2.30. The molecular formula is C12H15N5OS. The summed E-state index contributed by atoms with van der Waals surface area (Å²) in [6, 6.07) is 7.20. The van der Waals surface area contributed by atoms with Crippen LogP contribution < -0.4 is 11.1 Å². The van der Waals surface area contributed by atoms with Crippen molar-refractivity contribution in [1.82, 2.24) is 14.8 Å². The number of hydrogen-bond donors (Lipinski definition) is 2. The first-order chi connectivity index (χ1) is 9.16. The van der Waals surface area contributed by atoms with Crippen molar-refractivity contribution in [2.75, 3.05) is 16.8 Å². The van der Waals surface area contributed by atoms with E-state index in [0.29, 0.717) is 23.5 Å². The second kappa shape index (κ2) is 6.24. The number of nitrogens with two attached hydrogens (primary N) is 1. The van der Waals surface area contributed by atoms with E-state index in [1.54, 1.807) is 16.8 Å². The van der Waals surface area contributed by atoms with Gasteiger partial charge in [0, 0.05) is 19.2 Å². The fourth-order valence-electron chi connectivity index (χ4n) is 1.47. The molecule has 0 unspecified atom stereocenters. The average molecular weight is 277 g/mol. The van der Waals surface area contributed by atoms with E-state index in [1.165, 1.54) is 18.1 Å². The second-order valence-corrected chi connectivity index (χ2v) is 4.96. The molecule has 0 spiro atoms. The highest BCUT2D eigenvalue weighted by Gasteiger charge is 2.06. The van der Waals surface area contributed by atoms with E-state index in [2.05, 4.69) is 15.4 Å². The smallest absolute Gasteiger partial charge is 0.225 e. The third-order valence-electron chi connectivity index (χ3n) is 2.47. The zero-order valence-corrected chi connectivity index (χ0v) is 11.4. The predicted molar refractivity (Wildman–Crippen MR) is 75.8 cm³/mol. The highest BCUT2D eigenvalue weighted by atomic mass is 32.2. The van der Waals surface area contributed by atoms with Crippen molar-refractivity contribution < 1.29 is 4.79 Å². The molecule has 1 heterocycles. The van der Waals surface area contributed by atoms with Crippen LogP contribution >= 0.6 is 11.8 Å². The largest absolute Gasteiger partial charge is 0.397 e. The van der Waals surface area contributed by atoms with E-state index >= 15 is 0 Å². The Bertz CT molecular complexity index is 569. The minimum absolute atomic E-state index is 0.0624. The molecule has 7 heteroatoms. The van der Waals surface area contributed by atoms with Gasteiger partial charge in [0.2, 0.25) is 5.91 Å². The zero-order valence-electron chi connectivity index (χ0n) is 10.5. The molecule has 0 fully saturated rings. The number of carbonyl (C=O) groups is 1. The van der Waals surface area contributed by atoms with Crippen molar-refractivity contribution in [2.45, 2.75) is 11.6 Å². The van der Waals surface area contributed by atoms with E-state index in [-0.39, 0.29) is 5.91 Å².